The number of carbonyl (C=O) groups is 2. The zero-order valence-corrected chi connectivity index (χ0v) is 21.3. The topological polar surface area (TPSA) is 49.4 Å². The summed E-state index contributed by atoms with van der Waals surface area (Å²) in [4.78, 5) is 28.6. The number of benzene rings is 2. The molecule has 1 aliphatic rings. The highest BCUT2D eigenvalue weighted by Gasteiger charge is 2.43. The molecule has 3 atom stereocenters. The molecule has 1 N–H and O–H groups in total. The second-order valence-corrected chi connectivity index (χ2v) is 11.3. The Balaban J connectivity index is 1.96. The van der Waals surface area contributed by atoms with Crippen LogP contribution >= 0.6 is 23.4 Å². The minimum absolute atomic E-state index is 0.0230. The molecule has 2 aromatic carbocycles. The molecule has 0 aliphatic carbocycles. The summed E-state index contributed by atoms with van der Waals surface area (Å²) in [6.45, 7) is 12.7. The lowest BCUT2D eigenvalue weighted by Crippen LogP contribution is -2.50. The molecule has 3 unspecified atom stereocenters. The van der Waals surface area contributed by atoms with Gasteiger partial charge in [-0.25, -0.2) is 0 Å². The van der Waals surface area contributed by atoms with Crippen molar-refractivity contribution in [3.8, 4) is 0 Å². The van der Waals surface area contributed by atoms with E-state index in [9.17, 15) is 9.59 Å². The molecule has 4 nitrogen and oxygen atoms in total. The molecule has 2 aromatic rings. The van der Waals surface area contributed by atoms with Crippen LogP contribution in [0, 0.1) is 5.92 Å². The number of thioether (sulfide) groups is 1. The van der Waals surface area contributed by atoms with E-state index in [4.69, 9.17) is 11.6 Å². The van der Waals surface area contributed by atoms with Crippen LogP contribution in [-0.4, -0.2) is 34.6 Å². The van der Waals surface area contributed by atoms with Crippen molar-refractivity contribution >= 4 is 35.2 Å². The Morgan fingerprint density at radius 3 is 2.25 bits per heavy atom. The Hall–Kier alpha value is -1.98. The summed E-state index contributed by atoms with van der Waals surface area (Å²) in [5, 5.41) is 3.24. The Labute approximate surface area is 201 Å². The summed E-state index contributed by atoms with van der Waals surface area (Å²) in [6.07, 6.45) is 0. The maximum atomic E-state index is 13.7. The van der Waals surface area contributed by atoms with Crippen molar-refractivity contribution in [2.75, 3.05) is 5.75 Å². The maximum Gasteiger partial charge on any atom is 0.257 e. The predicted octanol–water partition coefficient (Wildman–Crippen LogP) is 6.05. The van der Waals surface area contributed by atoms with E-state index < -0.39 is 6.04 Å². The molecule has 2 amide bonds. The molecule has 1 saturated heterocycles. The first kappa shape index (κ1) is 24.7. The molecule has 6 heteroatoms. The number of amides is 2. The minimum Gasteiger partial charge on any atom is -0.352 e. The zero-order chi connectivity index (χ0) is 23.6. The third kappa shape index (κ3) is 5.32. The molecule has 0 bridgehead atoms. The van der Waals surface area contributed by atoms with Gasteiger partial charge in [-0.3, -0.25) is 9.59 Å². The number of halogens is 1. The van der Waals surface area contributed by atoms with E-state index in [1.807, 2.05) is 6.92 Å². The minimum atomic E-state index is -0.558. The first-order chi connectivity index (χ1) is 15.0. The van der Waals surface area contributed by atoms with E-state index in [-0.39, 0.29) is 28.6 Å². The van der Waals surface area contributed by atoms with Gasteiger partial charge in [0.05, 0.1) is 10.6 Å². The van der Waals surface area contributed by atoms with Crippen LogP contribution in [0.25, 0.3) is 0 Å². The molecular formula is C26H33ClN2O2S. The molecule has 172 valence electrons. The molecular weight excluding hydrogens is 440 g/mol. The average molecular weight is 473 g/mol. The second-order valence-electron chi connectivity index (χ2n) is 9.81. The quantitative estimate of drug-likeness (QED) is 0.575. The van der Waals surface area contributed by atoms with Crippen molar-refractivity contribution in [3.63, 3.8) is 0 Å². The maximum absolute atomic E-state index is 13.7. The van der Waals surface area contributed by atoms with Crippen LogP contribution in [-0.2, 0) is 10.2 Å². The fourth-order valence-corrected chi connectivity index (χ4v) is 5.27. The third-order valence-corrected chi connectivity index (χ3v) is 7.73. The Bertz CT molecular complexity index is 969. The highest BCUT2D eigenvalue weighted by atomic mass is 35.5. The van der Waals surface area contributed by atoms with Crippen molar-refractivity contribution in [2.45, 2.75) is 64.4 Å². The van der Waals surface area contributed by atoms with Crippen LogP contribution in [0.3, 0.4) is 0 Å². The fourth-order valence-electron chi connectivity index (χ4n) is 3.62. The van der Waals surface area contributed by atoms with Crippen molar-refractivity contribution < 1.29 is 9.59 Å². The first-order valence-electron chi connectivity index (χ1n) is 11.1. The highest BCUT2D eigenvalue weighted by molar-refractivity contribution is 7.99. The number of hydrogen-bond acceptors (Lipinski definition) is 3. The summed E-state index contributed by atoms with van der Waals surface area (Å²) in [5.74, 6) is 0.510. The summed E-state index contributed by atoms with van der Waals surface area (Å²) < 4.78 is 0. The van der Waals surface area contributed by atoms with Crippen LogP contribution in [0.15, 0.2) is 48.5 Å². The lowest BCUT2D eigenvalue weighted by Gasteiger charge is -2.31. The van der Waals surface area contributed by atoms with Crippen LogP contribution in [0.2, 0.25) is 5.02 Å². The van der Waals surface area contributed by atoms with Crippen LogP contribution < -0.4 is 5.32 Å². The zero-order valence-electron chi connectivity index (χ0n) is 19.7. The van der Waals surface area contributed by atoms with E-state index in [2.05, 4.69) is 64.2 Å². The number of carbonyl (C=O) groups excluding carboxylic acids is 2. The highest BCUT2D eigenvalue weighted by Crippen LogP contribution is 2.43. The van der Waals surface area contributed by atoms with Gasteiger partial charge in [0, 0.05) is 11.8 Å². The van der Waals surface area contributed by atoms with Crippen molar-refractivity contribution in [1.82, 2.24) is 10.2 Å². The summed E-state index contributed by atoms with van der Waals surface area (Å²) in [7, 11) is 0. The van der Waals surface area contributed by atoms with Crippen LogP contribution in [0.1, 0.15) is 68.4 Å². The van der Waals surface area contributed by atoms with E-state index in [1.54, 1.807) is 40.9 Å². The van der Waals surface area contributed by atoms with Gasteiger partial charge in [-0.1, -0.05) is 82.6 Å². The molecule has 0 aromatic heterocycles. The standard InChI is InChI=1S/C26H33ClN2O2S/c1-16(2)17(3)28-23(30)22-15-32-25(18-11-13-19(14-12-18)26(4,5)6)29(22)24(31)20-9-7-8-10-21(20)27/h7-14,16-17,22,25H,15H2,1-6H3,(H,28,30). The van der Waals surface area contributed by atoms with E-state index >= 15 is 0 Å². The van der Waals surface area contributed by atoms with Crippen LogP contribution in [0.5, 0.6) is 0 Å². The lowest BCUT2D eigenvalue weighted by molar-refractivity contribution is -0.125. The van der Waals surface area contributed by atoms with Crippen LogP contribution in [0.4, 0.5) is 0 Å². The van der Waals surface area contributed by atoms with Gasteiger partial charge in [-0.2, -0.15) is 0 Å². The third-order valence-electron chi connectivity index (χ3n) is 6.07. The van der Waals surface area contributed by atoms with Gasteiger partial charge in [0.15, 0.2) is 0 Å². The molecule has 1 fully saturated rings. The van der Waals surface area contributed by atoms with Gasteiger partial charge in [-0.15, -0.1) is 11.8 Å². The van der Waals surface area contributed by atoms with Crippen molar-refractivity contribution in [2.24, 2.45) is 5.92 Å². The second kappa shape index (κ2) is 9.88. The largest absolute Gasteiger partial charge is 0.352 e. The SMILES string of the molecule is CC(C)C(C)NC(=O)C1CSC(c2ccc(C(C)(C)C)cc2)N1C(=O)c1ccccc1Cl. The summed E-state index contributed by atoms with van der Waals surface area (Å²) in [5.41, 5.74) is 2.70. The first-order valence-corrected chi connectivity index (χ1v) is 12.5. The van der Waals surface area contributed by atoms with E-state index in [1.165, 1.54) is 5.56 Å². The van der Waals surface area contributed by atoms with E-state index in [0.717, 1.165) is 5.56 Å². The Morgan fingerprint density at radius 2 is 1.69 bits per heavy atom. The Morgan fingerprint density at radius 1 is 1.06 bits per heavy atom. The fraction of sp³-hybridized carbons (Fsp3) is 0.462. The van der Waals surface area contributed by atoms with Gasteiger partial charge in [0.2, 0.25) is 5.91 Å². The molecule has 1 heterocycles. The summed E-state index contributed by atoms with van der Waals surface area (Å²) >= 11 is 7.98. The number of nitrogens with zero attached hydrogens (tertiary/aromatic N) is 1. The van der Waals surface area contributed by atoms with Crippen molar-refractivity contribution in [3.05, 3.63) is 70.2 Å². The normalized spacial score (nSPS) is 19.8. The van der Waals surface area contributed by atoms with Gasteiger partial charge in [0.1, 0.15) is 11.4 Å². The number of hydrogen-bond donors (Lipinski definition) is 1. The lowest BCUT2D eigenvalue weighted by atomic mass is 9.86. The smallest absolute Gasteiger partial charge is 0.257 e. The molecule has 32 heavy (non-hydrogen) atoms. The van der Waals surface area contributed by atoms with E-state index in [0.29, 0.717) is 22.3 Å². The molecule has 0 radical (unpaired) electrons. The summed E-state index contributed by atoms with van der Waals surface area (Å²) in [6, 6.07) is 14.9. The monoisotopic (exact) mass is 472 g/mol. The molecule has 3 rings (SSSR count). The molecule has 0 spiro atoms. The molecule has 1 aliphatic heterocycles. The number of nitrogens with one attached hydrogen (secondary N) is 1. The predicted molar refractivity (Wildman–Crippen MR) is 134 cm³/mol. The number of rotatable bonds is 5. The van der Waals surface area contributed by atoms with Gasteiger partial charge < -0.3 is 10.2 Å². The Kier molecular flexibility index (Phi) is 7.61. The average Bonchev–Trinajstić information content (AvgIpc) is 3.18. The van der Waals surface area contributed by atoms with Crippen molar-refractivity contribution in [1.29, 1.82) is 0 Å². The molecule has 0 saturated carbocycles. The van der Waals surface area contributed by atoms with Gasteiger partial charge >= 0.3 is 0 Å². The van der Waals surface area contributed by atoms with Gasteiger partial charge in [0.25, 0.3) is 5.91 Å². The van der Waals surface area contributed by atoms with Gasteiger partial charge in [-0.05, 0) is 41.5 Å².